The predicted octanol–water partition coefficient (Wildman–Crippen LogP) is 5.86. The molecule has 1 aliphatic rings. The van der Waals surface area contributed by atoms with Gasteiger partial charge in [0, 0.05) is 17.8 Å². The first-order valence-electron chi connectivity index (χ1n) is 13.5. The van der Waals surface area contributed by atoms with Crippen molar-refractivity contribution in [2.45, 2.75) is 56.7 Å². The largest absolute Gasteiger partial charge is 0.406 e. The molecule has 3 heterocycles. The molecule has 2 atom stereocenters. The van der Waals surface area contributed by atoms with Gasteiger partial charge in [-0.25, -0.2) is 4.98 Å². The van der Waals surface area contributed by atoms with Crippen molar-refractivity contribution in [3.05, 3.63) is 78.6 Å². The standard InChI is InChI=1S/C30H35ClN5O2SSi/c1-20(2)28(37)35-29-33-26(31)25-27(34-29)36(19-32-25)24-17-16-21(39-24)18-38-40(30(3,4)5,22-12-8-6-9-13-22)23-14-10-7-11-15-23/h6-15,17,19-21,24H,16,18H2,1-5H3,(H,33,34,35,37)/t21-,24?/m0/s1. The summed E-state index contributed by atoms with van der Waals surface area (Å²) in [6.07, 6.45) is 4.91. The molecule has 10 heteroatoms. The SMILES string of the molecule is CC(C)C(=O)Nc1nc(Cl)c2ncn(C3[CH]C[C@@H](CO[Si](c4ccccc4)(c4ccccc4)C(C)(C)C)S3)c2n1. The van der Waals surface area contributed by atoms with Crippen LogP contribution >= 0.6 is 23.4 Å². The van der Waals surface area contributed by atoms with Crippen molar-refractivity contribution < 1.29 is 9.22 Å². The number of aromatic nitrogens is 4. The minimum absolute atomic E-state index is 0.0115. The molecule has 5 rings (SSSR count). The molecular weight excluding hydrogens is 558 g/mol. The zero-order valence-electron chi connectivity index (χ0n) is 23.5. The zero-order valence-corrected chi connectivity index (χ0v) is 26.0. The van der Waals surface area contributed by atoms with Crippen LogP contribution in [0.5, 0.6) is 0 Å². The van der Waals surface area contributed by atoms with Crippen LogP contribution in [0.2, 0.25) is 10.2 Å². The number of hydrogen-bond acceptors (Lipinski definition) is 6. The van der Waals surface area contributed by atoms with E-state index in [9.17, 15) is 4.79 Å². The molecule has 0 aliphatic carbocycles. The molecule has 2 aromatic carbocycles. The van der Waals surface area contributed by atoms with Gasteiger partial charge in [-0.05, 0) is 28.3 Å². The summed E-state index contributed by atoms with van der Waals surface area (Å²) in [6.45, 7) is 11.2. The van der Waals surface area contributed by atoms with E-state index in [4.69, 9.17) is 16.0 Å². The molecule has 4 aromatic rings. The number of rotatable bonds is 8. The lowest BCUT2D eigenvalue weighted by atomic mass is 10.2. The topological polar surface area (TPSA) is 81.9 Å². The molecule has 40 heavy (non-hydrogen) atoms. The number of nitrogens with one attached hydrogen (secondary N) is 1. The van der Waals surface area contributed by atoms with Crippen LogP contribution in [0.3, 0.4) is 0 Å². The molecule has 1 unspecified atom stereocenters. The van der Waals surface area contributed by atoms with Crippen LogP contribution in [0.15, 0.2) is 67.0 Å². The highest BCUT2D eigenvalue weighted by Crippen LogP contribution is 2.44. The third kappa shape index (κ3) is 5.57. The van der Waals surface area contributed by atoms with E-state index in [1.54, 1.807) is 6.33 Å². The summed E-state index contributed by atoms with van der Waals surface area (Å²) in [5.41, 5.74) is 1.12. The fraction of sp³-hybridized carbons (Fsp3) is 0.367. The highest BCUT2D eigenvalue weighted by Gasteiger charge is 2.50. The Morgan fingerprint density at radius 3 is 2.30 bits per heavy atom. The van der Waals surface area contributed by atoms with Crippen molar-refractivity contribution in [3.63, 3.8) is 0 Å². The number of carbonyl (C=O) groups is 1. The Morgan fingerprint density at radius 1 is 1.10 bits per heavy atom. The number of nitrogens with zero attached hydrogens (tertiary/aromatic N) is 4. The van der Waals surface area contributed by atoms with Crippen molar-refractivity contribution in [1.82, 2.24) is 19.5 Å². The van der Waals surface area contributed by atoms with Crippen LogP contribution in [-0.2, 0) is 9.22 Å². The maximum Gasteiger partial charge on any atom is 0.261 e. The van der Waals surface area contributed by atoms with E-state index in [1.165, 1.54) is 10.4 Å². The number of imidazole rings is 1. The lowest BCUT2D eigenvalue weighted by molar-refractivity contribution is -0.118. The summed E-state index contributed by atoms with van der Waals surface area (Å²) in [6, 6.07) is 21.4. The van der Waals surface area contributed by atoms with Crippen LogP contribution in [0.4, 0.5) is 5.95 Å². The Kier molecular flexibility index (Phi) is 8.38. The number of benzene rings is 2. The summed E-state index contributed by atoms with van der Waals surface area (Å²) in [5.74, 6) is -0.172. The zero-order chi connectivity index (χ0) is 28.5. The maximum atomic E-state index is 12.2. The number of halogens is 1. The Bertz CT molecular complexity index is 1440. The van der Waals surface area contributed by atoms with Gasteiger partial charge in [0.25, 0.3) is 8.32 Å². The van der Waals surface area contributed by atoms with Gasteiger partial charge < -0.3 is 8.99 Å². The normalized spacial score (nSPS) is 18.0. The third-order valence-corrected chi connectivity index (χ3v) is 13.9. The van der Waals surface area contributed by atoms with Crippen molar-refractivity contribution in [2.24, 2.45) is 5.92 Å². The quantitative estimate of drug-likeness (QED) is 0.204. The van der Waals surface area contributed by atoms with Crippen LogP contribution in [-0.4, -0.2) is 45.6 Å². The van der Waals surface area contributed by atoms with Gasteiger partial charge in [0.2, 0.25) is 11.9 Å². The van der Waals surface area contributed by atoms with E-state index >= 15 is 0 Å². The van der Waals surface area contributed by atoms with Crippen molar-refractivity contribution >= 4 is 65.1 Å². The van der Waals surface area contributed by atoms with Crippen LogP contribution < -0.4 is 15.7 Å². The molecule has 209 valence electrons. The molecule has 1 fully saturated rings. The summed E-state index contributed by atoms with van der Waals surface area (Å²) in [7, 11) is -2.61. The molecule has 1 radical (unpaired) electrons. The number of hydrogen-bond donors (Lipinski definition) is 1. The highest BCUT2D eigenvalue weighted by molar-refractivity contribution is 8.00. The first-order chi connectivity index (χ1) is 19.1. The lowest BCUT2D eigenvalue weighted by Crippen LogP contribution is -2.67. The van der Waals surface area contributed by atoms with Gasteiger partial charge in [0.15, 0.2) is 10.8 Å². The molecule has 1 amide bonds. The predicted molar refractivity (Wildman–Crippen MR) is 167 cm³/mol. The molecule has 1 N–H and O–H groups in total. The van der Waals surface area contributed by atoms with Gasteiger partial charge in [-0.3, -0.25) is 10.1 Å². The van der Waals surface area contributed by atoms with Crippen LogP contribution in [0, 0.1) is 12.3 Å². The molecule has 0 bridgehead atoms. The van der Waals surface area contributed by atoms with Crippen molar-refractivity contribution in [1.29, 1.82) is 0 Å². The monoisotopic (exact) mass is 592 g/mol. The second-order valence-corrected chi connectivity index (χ2v) is 17.5. The average Bonchev–Trinajstić information content (AvgIpc) is 3.57. The number of fused-ring (bicyclic) bond motifs is 1. The second-order valence-electron chi connectivity index (χ2n) is 11.4. The van der Waals surface area contributed by atoms with Crippen LogP contribution in [0.25, 0.3) is 11.2 Å². The molecule has 2 aromatic heterocycles. The smallest absolute Gasteiger partial charge is 0.261 e. The molecule has 0 saturated carbocycles. The number of thioether (sulfide) groups is 1. The third-order valence-electron chi connectivity index (χ3n) is 7.25. The van der Waals surface area contributed by atoms with Gasteiger partial charge in [0.1, 0.15) is 5.52 Å². The number of anilines is 1. The van der Waals surface area contributed by atoms with Crippen molar-refractivity contribution in [2.75, 3.05) is 11.9 Å². The highest BCUT2D eigenvalue weighted by atomic mass is 35.5. The molecule has 7 nitrogen and oxygen atoms in total. The Labute approximate surface area is 246 Å². The molecular formula is C30H35ClN5O2SSi. The number of carbonyl (C=O) groups excluding carboxylic acids is 1. The first-order valence-corrected chi connectivity index (χ1v) is 16.8. The van der Waals surface area contributed by atoms with Crippen LogP contribution in [0.1, 0.15) is 46.4 Å². The summed E-state index contributed by atoms with van der Waals surface area (Å²) in [4.78, 5) is 25.5. The maximum absolute atomic E-state index is 12.2. The lowest BCUT2D eigenvalue weighted by Gasteiger charge is -2.43. The van der Waals surface area contributed by atoms with E-state index in [0.717, 1.165) is 6.42 Å². The fourth-order valence-electron chi connectivity index (χ4n) is 5.22. The summed E-state index contributed by atoms with van der Waals surface area (Å²) in [5, 5.41) is 5.73. The first kappa shape index (κ1) is 28.8. The fourth-order valence-corrected chi connectivity index (χ4v) is 11.4. The van der Waals surface area contributed by atoms with Gasteiger partial charge in [-0.2, -0.15) is 9.97 Å². The average molecular weight is 593 g/mol. The Balaban J connectivity index is 1.39. The Hall–Kier alpha value is -2.72. The van der Waals surface area contributed by atoms with E-state index < -0.39 is 8.32 Å². The van der Waals surface area contributed by atoms with E-state index in [0.29, 0.717) is 17.8 Å². The molecule has 1 aliphatic heterocycles. The minimum atomic E-state index is -2.61. The summed E-state index contributed by atoms with van der Waals surface area (Å²) >= 11 is 8.25. The molecule has 1 saturated heterocycles. The van der Waals surface area contributed by atoms with Gasteiger partial charge in [-0.15, -0.1) is 11.8 Å². The van der Waals surface area contributed by atoms with Crippen molar-refractivity contribution in [3.8, 4) is 0 Å². The van der Waals surface area contributed by atoms with E-state index in [2.05, 4.69) is 108 Å². The number of amides is 1. The summed E-state index contributed by atoms with van der Waals surface area (Å²) < 4.78 is 9.19. The minimum Gasteiger partial charge on any atom is -0.406 e. The van der Waals surface area contributed by atoms with Gasteiger partial charge in [-0.1, -0.05) is 107 Å². The van der Waals surface area contributed by atoms with E-state index in [-0.39, 0.29) is 38.6 Å². The molecule has 0 spiro atoms. The Morgan fingerprint density at radius 2 is 1.73 bits per heavy atom. The van der Waals surface area contributed by atoms with E-state index in [1.807, 2.05) is 30.2 Å². The second kappa shape index (κ2) is 11.6. The van der Waals surface area contributed by atoms with Gasteiger partial charge >= 0.3 is 0 Å². The van der Waals surface area contributed by atoms with Gasteiger partial charge in [0.05, 0.1) is 11.7 Å².